The summed E-state index contributed by atoms with van der Waals surface area (Å²) in [5, 5.41) is 2.91. The molecule has 2 aromatic rings. The lowest BCUT2D eigenvalue weighted by molar-refractivity contribution is 0.102. The molecule has 0 saturated heterocycles. The molecule has 0 fully saturated rings. The van der Waals surface area contributed by atoms with Crippen LogP contribution >= 0.6 is 15.9 Å². The largest absolute Gasteiger partial charge is 0.469 e. The van der Waals surface area contributed by atoms with Gasteiger partial charge in [-0.25, -0.2) is 0 Å². The highest BCUT2D eigenvalue weighted by atomic mass is 79.9. The molecule has 1 N–H and O–H groups in total. The Labute approximate surface area is 121 Å². The van der Waals surface area contributed by atoms with Gasteiger partial charge in [0.25, 0.3) is 5.91 Å². The lowest BCUT2D eigenvalue weighted by Gasteiger charge is -2.09. The molecule has 19 heavy (non-hydrogen) atoms. The molecule has 1 heterocycles. The fraction of sp³-hybridized carbons (Fsp3) is 0.267. The predicted molar refractivity (Wildman–Crippen MR) is 79.7 cm³/mol. The number of amides is 1. The van der Waals surface area contributed by atoms with E-state index in [0.717, 1.165) is 21.3 Å². The highest BCUT2D eigenvalue weighted by Gasteiger charge is 2.14. The van der Waals surface area contributed by atoms with Gasteiger partial charge in [-0.2, -0.15) is 0 Å². The van der Waals surface area contributed by atoms with Gasteiger partial charge in [0.1, 0.15) is 5.76 Å². The van der Waals surface area contributed by atoms with E-state index in [2.05, 4.69) is 21.2 Å². The Hall–Kier alpha value is -1.55. The molecule has 3 nitrogen and oxygen atoms in total. The first-order chi connectivity index (χ1) is 9.02. The van der Waals surface area contributed by atoms with Crippen molar-refractivity contribution in [1.29, 1.82) is 0 Å². The molecule has 0 bridgehead atoms. The second-order valence-corrected chi connectivity index (χ2v) is 5.28. The van der Waals surface area contributed by atoms with E-state index in [1.54, 1.807) is 12.3 Å². The van der Waals surface area contributed by atoms with E-state index in [0.29, 0.717) is 17.7 Å². The summed E-state index contributed by atoms with van der Waals surface area (Å²) in [6.45, 7) is 5.97. The van der Waals surface area contributed by atoms with Crippen LogP contribution in [0, 0.1) is 13.8 Å². The zero-order chi connectivity index (χ0) is 14.0. The van der Waals surface area contributed by atoms with Gasteiger partial charge in [-0.3, -0.25) is 4.79 Å². The van der Waals surface area contributed by atoms with Crippen LogP contribution in [0.4, 0.5) is 5.69 Å². The second kappa shape index (κ2) is 5.61. The maximum atomic E-state index is 12.2. The van der Waals surface area contributed by atoms with Crippen LogP contribution in [0.2, 0.25) is 0 Å². The third-order valence-corrected chi connectivity index (χ3v) is 4.26. The molecular weight excluding hydrogens is 306 g/mol. The molecule has 4 heteroatoms. The van der Waals surface area contributed by atoms with E-state index < -0.39 is 0 Å². The van der Waals surface area contributed by atoms with E-state index in [-0.39, 0.29) is 5.91 Å². The molecule has 0 unspecified atom stereocenters. The molecule has 0 aliphatic rings. The van der Waals surface area contributed by atoms with Crippen molar-refractivity contribution < 1.29 is 9.21 Å². The quantitative estimate of drug-likeness (QED) is 0.906. The zero-order valence-corrected chi connectivity index (χ0v) is 12.8. The number of hydrogen-bond donors (Lipinski definition) is 1. The summed E-state index contributed by atoms with van der Waals surface area (Å²) >= 11 is 3.51. The lowest BCUT2D eigenvalue weighted by atomic mass is 10.1. The summed E-state index contributed by atoms with van der Waals surface area (Å²) in [5.74, 6) is 0.578. The van der Waals surface area contributed by atoms with Crippen molar-refractivity contribution in [1.82, 2.24) is 0 Å². The summed E-state index contributed by atoms with van der Waals surface area (Å²) in [6.07, 6.45) is 2.25. The van der Waals surface area contributed by atoms with Gasteiger partial charge in [-0.1, -0.05) is 22.9 Å². The molecule has 100 valence electrons. The van der Waals surface area contributed by atoms with Gasteiger partial charge < -0.3 is 9.73 Å². The van der Waals surface area contributed by atoms with Crippen LogP contribution in [0.25, 0.3) is 0 Å². The fourth-order valence-electron chi connectivity index (χ4n) is 2.03. The van der Waals surface area contributed by atoms with E-state index in [1.165, 1.54) is 0 Å². The smallest absolute Gasteiger partial charge is 0.259 e. The average Bonchev–Trinajstić information content (AvgIpc) is 2.84. The maximum absolute atomic E-state index is 12.2. The van der Waals surface area contributed by atoms with E-state index >= 15 is 0 Å². The van der Waals surface area contributed by atoms with Crippen LogP contribution in [-0.2, 0) is 6.42 Å². The fourth-order valence-corrected chi connectivity index (χ4v) is 2.26. The van der Waals surface area contributed by atoms with E-state index in [9.17, 15) is 4.79 Å². The van der Waals surface area contributed by atoms with Gasteiger partial charge in [-0.15, -0.1) is 0 Å². The van der Waals surface area contributed by atoms with Gasteiger partial charge >= 0.3 is 0 Å². The molecule has 0 saturated carbocycles. The second-order valence-electron chi connectivity index (χ2n) is 4.49. The summed E-state index contributed by atoms with van der Waals surface area (Å²) in [6, 6.07) is 5.59. The van der Waals surface area contributed by atoms with Crippen LogP contribution in [0.1, 0.15) is 34.2 Å². The first-order valence-electron chi connectivity index (χ1n) is 6.17. The Morgan fingerprint density at radius 3 is 2.53 bits per heavy atom. The highest BCUT2D eigenvalue weighted by molar-refractivity contribution is 9.10. The summed E-state index contributed by atoms with van der Waals surface area (Å²) in [5.41, 5.74) is 3.59. The van der Waals surface area contributed by atoms with Crippen LogP contribution in [0.15, 0.2) is 33.4 Å². The summed E-state index contributed by atoms with van der Waals surface area (Å²) in [7, 11) is 0. The standard InChI is InChI=1S/C15H16BrNO2/c1-4-13-12(5-6-19-13)15(18)17-11-7-9(2)14(16)10(3)8-11/h5-8H,4H2,1-3H3,(H,17,18). The third-order valence-electron chi connectivity index (χ3n) is 3.01. The molecule has 2 rings (SSSR count). The minimum Gasteiger partial charge on any atom is -0.469 e. The molecule has 1 aromatic heterocycles. The molecule has 0 aliphatic carbocycles. The first-order valence-corrected chi connectivity index (χ1v) is 6.96. The number of aryl methyl sites for hydroxylation is 3. The molecular formula is C15H16BrNO2. The van der Waals surface area contributed by atoms with Gasteiger partial charge in [0.2, 0.25) is 0 Å². The SMILES string of the molecule is CCc1occc1C(=O)Nc1cc(C)c(Br)c(C)c1. The molecule has 1 aromatic carbocycles. The van der Waals surface area contributed by atoms with E-state index in [1.807, 2.05) is 32.9 Å². The Morgan fingerprint density at radius 2 is 1.95 bits per heavy atom. The highest BCUT2D eigenvalue weighted by Crippen LogP contribution is 2.25. The number of hydrogen-bond acceptors (Lipinski definition) is 2. The molecule has 0 atom stereocenters. The van der Waals surface area contributed by atoms with Crippen molar-refractivity contribution in [2.45, 2.75) is 27.2 Å². The van der Waals surface area contributed by atoms with Gasteiger partial charge in [0.05, 0.1) is 11.8 Å². The number of anilines is 1. The third kappa shape index (κ3) is 2.89. The van der Waals surface area contributed by atoms with Crippen LogP contribution < -0.4 is 5.32 Å². The number of benzene rings is 1. The summed E-state index contributed by atoms with van der Waals surface area (Å²) in [4.78, 5) is 12.2. The number of carbonyl (C=O) groups excluding carboxylic acids is 1. The Kier molecular flexibility index (Phi) is 4.10. The first kappa shape index (κ1) is 13.9. The Morgan fingerprint density at radius 1 is 1.32 bits per heavy atom. The van der Waals surface area contributed by atoms with E-state index in [4.69, 9.17) is 4.42 Å². The Bertz CT molecular complexity index is 593. The maximum Gasteiger partial charge on any atom is 0.259 e. The van der Waals surface area contributed by atoms with Crippen LogP contribution in [-0.4, -0.2) is 5.91 Å². The summed E-state index contributed by atoms with van der Waals surface area (Å²) < 4.78 is 6.34. The van der Waals surface area contributed by atoms with Gasteiger partial charge in [0, 0.05) is 16.6 Å². The van der Waals surface area contributed by atoms with Crippen molar-refractivity contribution in [3.8, 4) is 0 Å². The topological polar surface area (TPSA) is 42.2 Å². The molecule has 0 radical (unpaired) electrons. The number of halogens is 1. The minimum absolute atomic E-state index is 0.133. The Balaban J connectivity index is 2.24. The van der Waals surface area contributed by atoms with Gasteiger partial charge in [-0.05, 0) is 43.2 Å². The van der Waals surface area contributed by atoms with Crippen molar-refractivity contribution >= 4 is 27.5 Å². The average molecular weight is 322 g/mol. The zero-order valence-electron chi connectivity index (χ0n) is 11.2. The van der Waals surface area contributed by atoms with Crippen molar-refractivity contribution in [3.05, 3.63) is 51.4 Å². The van der Waals surface area contributed by atoms with Crippen LogP contribution in [0.5, 0.6) is 0 Å². The number of carbonyl (C=O) groups is 1. The van der Waals surface area contributed by atoms with Crippen molar-refractivity contribution in [2.75, 3.05) is 5.32 Å². The number of nitrogens with one attached hydrogen (secondary N) is 1. The van der Waals surface area contributed by atoms with Crippen molar-refractivity contribution in [3.63, 3.8) is 0 Å². The van der Waals surface area contributed by atoms with Crippen LogP contribution in [0.3, 0.4) is 0 Å². The molecule has 0 aliphatic heterocycles. The predicted octanol–water partition coefficient (Wildman–Crippen LogP) is 4.47. The molecule has 0 spiro atoms. The van der Waals surface area contributed by atoms with Crippen molar-refractivity contribution in [2.24, 2.45) is 0 Å². The molecule has 1 amide bonds. The number of furan rings is 1. The monoisotopic (exact) mass is 321 g/mol. The minimum atomic E-state index is -0.133. The number of rotatable bonds is 3. The normalized spacial score (nSPS) is 10.5. The lowest BCUT2D eigenvalue weighted by Crippen LogP contribution is -2.13. The van der Waals surface area contributed by atoms with Gasteiger partial charge in [0.15, 0.2) is 0 Å².